The van der Waals surface area contributed by atoms with Crippen LogP contribution in [-0.2, 0) is 17.6 Å². The third-order valence-electron chi connectivity index (χ3n) is 6.40. The van der Waals surface area contributed by atoms with Gasteiger partial charge >= 0.3 is 5.97 Å². The zero-order valence-corrected chi connectivity index (χ0v) is 20.9. The number of hydrogen-bond donors (Lipinski definition) is 2. The molecule has 1 amide bonds. The Morgan fingerprint density at radius 3 is 2.06 bits per heavy atom. The highest BCUT2D eigenvalue weighted by Gasteiger charge is 2.15. The highest BCUT2D eigenvalue weighted by molar-refractivity contribution is 6.30. The van der Waals surface area contributed by atoms with Crippen molar-refractivity contribution in [3.8, 4) is 0 Å². The predicted octanol–water partition coefficient (Wildman–Crippen LogP) is 6.98. The maximum absolute atomic E-state index is 12.6. The quantitative estimate of drug-likeness (QED) is 0.333. The molecule has 4 nitrogen and oxygen atoms in total. The number of nitrogens with one attached hydrogen (secondary N) is 1. The number of halogens is 1. The van der Waals surface area contributed by atoms with Crippen LogP contribution in [0.15, 0.2) is 84.9 Å². The van der Waals surface area contributed by atoms with Gasteiger partial charge in [-0.05, 0) is 89.8 Å². The Kier molecular flexibility index (Phi) is 8.75. The van der Waals surface area contributed by atoms with Crippen molar-refractivity contribution >= 4 is 34.6 Å². The third kappa shape index (κ3) is 6.96. The van der Waals surface area contributed by atoms with Gasteiger partial charge in [0, 0.05) is 23.6 Å². The number of carbonyl (C=O) groups is 2. The lowest BCUT2D eigenvalue weighted by molar-refractivity contribution is -0.136. The molecule has 3 aromatic carbocycles. The van der Waals surface area contributed by atoms with Crippen molar-refractivity contribution in [3.05, 3.63) is 118 Å². The monoisotopic (exact) mass is 499 g/mol. The topological polar surface area (TPSA) is 66.4 Å². The number of hydrogen-bond acceptors (Lipinski definition) is 2. The van der Waals surface area contributed by atoms with Crippen molar-refractivity contribution in [1.82, 2.24) is 5.32 Å². The number of carboxylic acids is 1. The molecule has 0 bridgehead atoms. The molecule has 1 aliphatic carbocycles. The van der Waals surface area contributed by atoms with Gasteiger partial charge in [-0.15, -0.1) is 0 Å². The average Bonchev–Trinajstić information content (AvgIpc) is 2.88. The molecule has 0 unspecified atom stereocenters. The van der Waals surface area contributed by atoms with Gasteiger partial charge in [0.2, 0.25) is 0 Å². The fourth-order valence-electron chi connectivity index (χ4n) is 4.49. The van der Waals surface area contributed by atoms with E-state index in [2.05, 4.69) is 29.6 Å². The molecule has 0 aromatic heterocycles. The van der Waals surface area contributed by atoms with Crippen LogP contribution in [0.5, 0.6) is 0 Å². The highest BCUT2D eigenvalue weighted by Crippen LogP contribution is 2.33. The first-order valence-corrected chi connectivity index (χ1v) is 12.7. The molecule has 36 heavy (non-hydrogen) atoms. The largest absolute Gasteiger partial charge is 0.481 e. The van der Waals surface area contributed by atoms with E-state index in [0.29, 0.717) is 23.6 Å². The van der Waals surface area contributed by atoms with Crippen molar-refractivity contribution in [3.63, 3.8) is 0 Å². The van der Waals surface area contributed by atoms with Gasteiger partial charge < -0.3 is 10.4 Å². The summed E-state index contributed by atoms with van der Waals surface area (Å²) in [6.45, 7) is 0.559. The first-order valence-electron chi connectivity index (χ1n) is 12.3. The second kappa shape index (κ2) is 12.4. The van der Waals surface area contributed by atoms with Crippen LogP contribution >= 0.6 is 11.6 Å². The zero-order chi connectivity index (χ0) is 25.3. The number of benzene rings is 3. The summed E-state index contributed by atoms with van der Waals surface area (Å²) in [5.74, 6) is -0.862. The first-order chi connectivity index (χ1) is 17.5. The Hall–Kier alpha value is -3.63. The molecule has 0 heterocycles. The van der Waals surface area contributed by atoms with Gasteiger partial charge in [-0.1, -0.05) is 72.3 Å². The molecule has 0 radical (unpaired) electrons. The lowest BCUT2D eigenvalue weighted by Crippen LogP contribution is -2.25. The molecule has 0 aliphatic heterocycles. The zero-order valence-electron chi connectivity index (χ0n) is 20.2. The molecule has 0 fully saturated rings. The fraction of sp³-hybridized carbons (Fsp3) is 0.226. The van der Waals surface area contributed by atoms with Crippen molar-refractivity contribution < 1.29 is 14.7 Å². The second-order valence-corrected chi connectivity index (χ2v) is 9.42. The molecule has 2 N–H and O–H groups in total. The first kappa shape index (κ1) is 25.5. The summed E-state index contributed by atoms with van der Waals surface area (Å²) in [5, 5.41) is 12.9. The minimum absolute atomic E-state index is 0.0840. The van der Waals surface area contributed by atoms with Gasteiger partial charge in [0.25, 0.3) is 5.91 Å². The van der Waals surface area contributed by atoms with Crippen LogP contribution in [0.4, 0.5) is 0 Å². The van der Waals surface area contributed by atoms with E-state index in [0.717, 1.165) is 53.5 Å². The fourth-order valence-corrected chi connectivity index (χ4v) is 4.62. The van der Waals surface area contributed by atoms with Crippen LogP contribution in [0.1, 0.15) is 58.3 Å². The van der Waals surface area contributed by atoms with Crippen LogP contribution in [0.2, 0.25) is 5.02 Å². The van der Waals surface area contributed by atoms with E-state index in [1.165, 1.54) is 5.57 Å². The summed E-state index contributed by atoms with van der Waals surface area (Å²) in [5.41, 5.74) is 7.49. The van der Waals surface area contributed by atoms with Gasteiger partial charge in [-0.25, -0.2) is 0 Å². The number of fused-ring (bicyclic) bond motifs is 1. The number of allylic oxidation sites excluding steroid dienone is 4. The third-order valence-corrected chi connectivity index (χ3v) is 6.65. The molecule has 4 rings (SSSR count). The van der Waals surface area contributed by atoms with Crippen LogP contribution in [0, 0.1) is 0 Å². The van der Waals surface area contributed by atoms with E-state index in [-0.39, 0.29) is 12.3 Å². The number of carboxylic acid groups (broad SMARTS) is 1. The molecule has 3 aromatic rings. The molecular weight excluding hydrogens is 470 g/mol. The average molecular weight is 500 g/mol. The van der Waals surface area contributed by atoms with Crippen LogP contribution < -0.4 is 5.32 Å². The highest BCUT2D eigenvalue weighted by atomic mass is 35.5. The Morgan fingerprint density at radius 1 is 0.778 bits per heavy atom. The molecule has 0 atom stereocenters. The van der Waals surface area contributed by atoms with E-state index >= 15 is 0 Å². The molecule has 0 saturated carbocycles. The summed E-state index contributed by atoms with van der Waals surface area (Å²) in [7, 11) is 0. The summed E-state index contributed by atoms with van der Waals surface area (Å²) < 4.78 is 0. The smallest absolute Gasteiger partial charge is 0.303 e. The van der Waals surface area contributed by atoms with Gasteiger partial charge in [0.15, 0.2) is 0 Å². The Morgan fingerprint density at radius 2 is 1.39 bits per heavy atom. The number of carbonyl (C=O) groups excluding carboxylic acids is 1. The van der Waals surface area contributed by atoms with Crippen molar-refractivity contribution in [1.29, 1.82) is 0 Å². The summed E-state index contributed by atoms with van der Waals surface area (Å²) in [6, 6.07) is 23.7. The molecule has 0 spiro atoms. The number of aliphatic carboxylic acids is 1. The van der Waals surface area contributed by atoms with Gasteiger partial charge in [-0.2, -0.15) is 0 Å². The second-order valence-electron chi connectivity index (χ2n) is 8.98. The van der Waals surface area contributed by atoms with Crippen LogP contribution in [0.3, 0.4) is 0 Å². The number of rotatable bonds is 9. The molecule has 1 aliphatic rings. The van der Waals surface area contributed by atoms with Gasteiger partial charge in [0.1, 0.15) is 0 Å². The normalized spacial score (nSPS) is 15.9. The molecule has 184 valence electrons. The van der Waals surface area contributed by atoms with E-state index in [1.54, 1.807) is 0 Å². The minimum atomic E-state index is -0.777. The SMILES string of the molecule is O=C(O)CC/C1=C/CC/C=C(/Cc2ccc(C(=O)NCCc3ccc(Cl)cc3)cc2)c2ccccc21. The Labute approximate surface area is 217 Å². The van der Waals surface area contributed by atoms with E-state index < -0.39 is 5.97 Å². The Bertz CT molecular complexity index is 1270. The maximum Gasteiger partial charge on any atom is 0.303 e. The van der Waals surface area contributed by atoms with E-state index in [1.807, 2.05) is 60.7 Å². The van der Waals surface area contributed by atoms with Crippen molar-refractivity contribution in [2.75, 3.05) is 6.54 Å². The minimum Gasteiger partial charge on any atom is -0.481 e. The summed E-state index contributed by atoms with van der Waals surface area (Å²) >= 11 is 5.92. The van der Waals surface area contributed by atoms with Crippen LogP contribution in [0.25, 0.3) is 11.1 Å². The van der Waals surface area contributed by atoms with Gasteiger partial charge in [0.05, 0.1) is 0 Å². The lowest BCUT2D eigenvalue weighted by atomic mass is 9.86. The summed E-state index contributed by atoms with van der Waals surface area (Å²) in [4.78, 5) is 23.7. The van der Waals surface area contributed by atoms with Crippen molar-refractivity contribution in [2.45, 2.75) is 38.5 Å². The van der Waals surface area contributed by atoms with Crippen molar-refractivity contribution in [2.24, 2.45) is 0 Å². The Balaban J connectivity index is 1.41. The summed E-state index contributed by atoms with van der Waals surface area (Å²) in [6.07, 6.45) is 8.41. The van der Waals surface area contributed by atoms with E-state index in [4.69, 9.17) is 16.7 Å². The van der Waals surface area contributed by atoms with E-state index in [9.17, 15) is 9.59 Å². The van der Waals surface area contributed by atoms with Gasteiger partial charge in [-0.3, -0.25) is 9.59 Å². The lowest BCUT2D eigenvalue weighted by Gasteiger charge is -2.18. The predicted molar refractivity (Wildman–Crippen MR) is 146 cm³/mol. The standard InChI is InChI=1S/C31H30ClNO3/c32-27-16-11-22(12-17-27)19-20-33-31(36)25-13-9-23(10-14-25)21-26-6-2-1-5-24(15-18-30(34)35)28-7-3-4-8-29(26)28/h3-14,16-17H,1-2,15,18-21H2,(H,33,36)(H,34,35)/b24-5-,26-6-. The molecular formula is C31H30ClNO3. The maximum atomic E-state index is 12.6. The molecule has 5 heteroatoms. The molecule has 0 saturated heterocycles. The number of amides is 1. The van der Waals surface area contributed by atoms with Crippen LogP contribution in [-0.4, -0.2) is 23.5 Å².